The molecule has 0 bridgehead atoms. The number of rotatable bonds is 16. The van der Waals surface area contributed by atoms with Gasteiger partial charge < -0.3 is 70.5 Å². The quantitative estimate of drug-likeness (QED) is 0.0428. The number of benzene rings is 6. The van der Waals surface area contributed by atoms with E-state index in [1.54, 1.807) is 12.5 Å². The number of aliphatic hydroxyl groups excluding tert-OH is 6. The van der Waals surface area contributed by atoms with Crippen molar-refractivity contribution in [3.63, 3.8) is 0 Å². The van der Waals surface area contributed by atoms with Gasteiger partial charge in [-0.1, -0.05) is 60.7 Å². The molecule has 0 aromatic heterocycles. The zero-order valence-corrected chi connectivity index (χ0v) is 53.6. The van der Waals surface area contributed by atoms with Crippen molar-refractivity contribution in [3.8, 4) is 11.5 Å². The summed E-state index contributed by atoms with van der Waals surface area (Å²) in [5.41, 5.74) is 19.9. The van der Waals surface area contributed by atoms with Gasteiger partial charge in [-0.2, -0.15) is 0 Å². The first-order chi connectivity index (χ1) is 44.2. The van der Waals surface area contributed by atoms with Crippen molar-refractivity contribution in [2.24, 2.45) is 11.5 Å². The molecule has 10 N–H and O–H groups in total. The van der Waals surface area contributed by atoms with Crippen molar-refractivity contribution < 1.29 is 76.6 Å². The van der Waals surface area contributed by atoms with Crippen molar-refractivity contribution in [1.29, 1.82) is 0 Å². The average molecular weight is 1310 g/mol. The van der Waals surface area contributed by atoms with Crippen LogP contribution in [-0.4, -0.2) is 176 Å². The Kier molecular flexibility index (Phi) is 22.4. The lowest BCUT2D eigenvalue weighted by molar-refractivity contribution is -0.200. The first-order valence-corrected chi connectivity index (χ1v) is 34.1. The third kappa shape index (κ3) is 15.7. The fraction of sp³-hybridized carbons (Fsp3) is 0.486. The molecule has 0 unspecified atom stereocenters. The third-order valence-electron chi connectivity index (χ3n) is 19.0. The Labute approximate surface area is 543 Å². The minimum atomic E-state index is -1.29. The summed E-state index contributed by atoms with van der Waals surface area (Å²) in [4.78, 5) is 4.61. The van der Waals surface area contributed by atoms with Gasteiger partial charge in [-0.05, 0) is 170 Å². The molecule has 6 heterocycles. The van der Waals surface area contributed by atoms with Crippen molar-refractivity contribution in [2.75, 3.05) is 51.9 Å². The molecule has 18 atom stereocenters. The minimum absolute atomic E-state index is 0.0142. The van der Waals surface area contributed by atoms with Gasteiger partial charge in [0.1, 0.15) is 119 Å². The van der Waals surface area contributed by atoms with E-state index < -0.39 is 107 Å². The van der Waals surface area contributed by atoms with E-state index in [9.17, 15) is 48.2 Å². The number of halogens is 4. The maximum Gasteiger partial charge on any atom is 0.132 e. The second-order valence-corrected chi connectivity index (χ2v) is 27.1. The maximum atomic E-state index is 14.3. The van der Waals surface area contributed by atoms with Gasteiger partial charge in [-0.25, -0.2) is 17.6 Å². The summed E-state index contributed by atoms with van der Waals surface area (Å²) in [5.74, 6) is -0.465. The van der Waals surface area contributed by atoms with Crippen LogP contribution >= 0.6 is 23.5 Å². The van der Waals surface area contributed by atoms with Gasteiger partial charge in [0.15, 0.2) is 0 Å². The zero-order valence-electron chi connectivity index (χ0n) is 51.9. The molecular weight excluding hydrogens is 1230 g/mol. The zero-order chi connectivity index (χ0) is 65.1. The number of ether oxygens (including phenoxy) is 6. The number of nitrogens with two attached hydrogens (primary N) is 2. The van der Waals surface area contributed by atoms with E-state index in [0.717, 1.165) is 119 Å². The molecule has 6 aromatic carbocycles. The molecule has 0 saturated carbocycles. The molecule has 6 aliphatic heterocycles. The monoisotopic (exact) mass is 1310 g/mol. The fourth-order valence-corrected chi connectivity index (χ4v) is 15.0. The van der Waals surface area contributed by atoms with Gasteiger partial charge in [0.05, 0.1) is 13.2 Å². The molecule has 0 aliphatic carbocycles. The molecule has 496 valence electrons. The molecule has 6 aromatic rings. The van der Waals surface area contributed by atoms with Gasteiger partial charge >= 0.3 is 0 Å². The summed E-state index contributed by atoms with van der Waals surface area (Å²) in [6, 6.07) is 33.9. The molecule has 22 heteroatoms. The highest BCUT2D eigenvalue weighted by molar-refractivity contribution is 7.99. The summed E-state index contributed by atoms with van der Waals surface area (Å²) in [6.45, 7) is 7.99. The third-order valence-corrected chi connectivity index (χ3v) is 20.7. The van der Waals surface area contributed by atoms with Crippen LogP contribution in [0.25, 0.3) is 0 Å². The number of likely N-dealkylation sites (tertiary alicyclic amines) is 2. The molecule has 6 fully saturated rings. The fourth-order valence-electron chi connectivity index (χ4n) is 13.6. The van der Waals surface area contributed by atoms with E-state index in [2.05, 4.69) is 9.80 Å². The smallest absolute Gasteiger partial charge is 0.132 e. The number of aryl methyl sites for hydroxylation is 2. The molecule has 12 rings (SSSR count). The first kappa shape index (κ1) is 68.2. The Hall–Kier alpha value is -5.22. The van der Waals surface area contributed by atoms with E-state index in [4.69, 9.17) is 39.9 Å². The predicted octanol–water partition coefficient (Wildman–Crippen LogP) is 8.04. The van der Waals surface area contributed by atoms with Crippen molar-refractivity contribution in [1.82, 2.24) is 9.80 Å². The largest absolute Gasteiger partial charge is 0.489 e. The highest BCUT2D eigenvalue weighted by Crippen LogP contribution is 2.40. The van der Waals surface area contributed by atoms with Crippen LogP contribution < -0.4 is 20.9 Å². The van der Waals surface area contributed by atoms with Crippen LogP contribution in [0.15, 0.2) is 121 Å². The SMILES string of the molecule is CS[C@H]1O[C@@H](c2ccc(C)c(Cc3ccc(O[C@@H]4CCN([C@@H]5CO[C@H](c6cc(F)ccc6F)[C@@H](N)C5)C4)cc3)c2)[C@H](O)[C@@H](O)[C@@H]1O.CS[C@H]1O[C@@H](c2ccc(C)c(Cc3ccc(O[C@@H]4CCN([C@H]5CO[C@H](c6cc(F)ccc6F)[C@@H](N)C5)C4)cc3)c2)[C@H](O)[C@@H](O)[C@@H]1O. The number of aliphatic hydroxyl groups is 6. The van der Waals surface area contributed by atoms with E-state index >= 15 is 0 Å². The second-order valence-electron chi connectivity index (χ2n) is 25.3. The van der Waals surface area contributed by atoms with E-state index in [1.165, 1.54) is 35.7 Å². The Morgan fingerprint density at radius 2 is 0.880 bits per heavy atom. The topological polar surface area (TPSA) is 235 Å². The molecule has 16 nitrogen and oxygen atoms in total. The van der Waals surface area contributed by atoms with Gasteiger partial charge in [0, 0.05) is 61.5 Å². The maximum absolute atomic E-state index is 14.3. The number of hydrogen-bond donors (Lipinski definition) is 8. The van der Waals surface area contributed by atoms with Gasteiger partial charge in [0.2, 0.25) is 0 Å². The van der Waals surface area contributed by atoms with Gasteiger partial charge in [-0.15, -0.1) is 23.5 Å². The Bertz CT molecular complexity index is 3220. The number of thioether (sulfide) groups is 2. The van der Waals surface area contributed by atoms with Crippen LogP contribution in [0.5, 0.6) is 11.5 Å². The standard InChI is InChI=1S/2C35H42F2N2O6S/c2*1-19-3-6-21(33-31(41)30(40)32(42)35(45-33)46-2)14-22(19)13-20-4-8-25(9-5-20)44-26-11-12-39(17-26)24-16-29(38)34(43-18-24)27-15-23(36)7-10-28(27)37/h2*3-10,14-15,24,26,29-35,40-42H,11-13,16-18,38H2,1-2H3/t24-,26+,29-,30+,31+,32-,33-,34+,35+;24-,26-,29+,30-,31-,32+,33+,34-,35-/m01/s1. The summed E-state index contributed by atoms with van der Waals surface area (Å²) in [7, 11) is 0. The van der Waals surface area contributed by atoms with Crippen molar-refractivity contribution >= 4 is 23.5 Å². The summed E-state index contributed by atoms with van der Waals surface area (Å²) >= 11 is 2.59. The van der Waals surface area contributed by atoms with Crippen LogP contribution in [-0.2, 0) is 31.8 Å². The van der Waals surface area contributed by atoms with Gasteiger partial charge in [0.25, 0.3) is 0 Å². The Morgan fingerprint density at radius 1 is 0.489 bits per heavy atom. The molecule has 0 amide bonds. The molecule has 0 radical (unpaired) electrons. The van der Waals surface area contributed by atoms with E-state index in [-0.39, 0.29) is 35.4 Å². The Morgan fingerprint density at radius 3 is 1.25 bits per heavy atom. The molecule has 0 spiro atoms. The van der Waals surface area contributed by atoms with Crippen molar-refractivity contribution in [2.45, 2.75) is 161 Å². The van der Waals surface area contributed by atoms with Crippen LogP contribution in [0, 0.1) is 37.1 Å². The summed E-state index contributed by atoms with van der Waals surface area (Å²) in [5, 5.41) is 62.5. The van der Waals surface area contributed by atoms with Gasteiger partial charge in [-0.3, -0.25) is 9.80 Å². The van der Waals surface area contributed by atoms with Crippen LogP contribution in [0.1, 0.15) is 106 Å². The molecule has 6 aliphatic rings. The lowest BCUT2D eigenvalue weighted by Crippen LogP contribution is -2.52. The lowest BCUT2D eigenvalue weighted by atomic mass is 9.91. The van der Waals surface area contributed by atoms with Crippen LogP contribution in [0.3, 0.4) is 0 Å². The molecular formula is C70H84F4N4O12S2. The van der Waals surface area contributed by atoms with E-state index in [0.29, 0.717) is 38.9 Å². The second kappa shape index (κ2) is 30.2. The average Bonchev–Trinajstić information content (AvgIpc) is 0.873. The van der Waals surface area contributed by atoms with E-state index in [1.807, 2.05) is 98.8 Å². The van der Waals surface area contributed by atoms with Crippen LogP contribution in [0.4, 0.5) is 17.6 Å². The van der Waals surface area contributed by atoms with Crippen LogP contribution in [0.2, 0.25) is 0 Å². The normalized spacial score (nSPS) is 32.0. The van der Waals surface area contributed by atoms with Crippen molar-refractivity contribution in [3.05, 3.63) is 200 Å². The minimum Gasteiger partial charge on any atom is -0.489 e. The highest BCUT2D eigenvalue weighted by atomic mass is 32.2. The molecule has 6 saturated heterocycles. The number of hydrogen-bond acceptors (Lipinski definition) is 18. The molecule has 92 heavy (non-hydrogen) atoms. The number of nitrogens with zero attached hydrogens (tertiary/aromatic N) is 2. The first-order valence-electron chi connectivity index (χ1n) is 31.5. The summed E-state index contributed by atoms with van der Waals surface area (Å²) in [6.07, 6.45) is -2.30. The summed E-state index contributed by atoms with van der Waals surface area (Å²) < 4.78 is 92.6. The highest BCUT2D eigenvalue weighted by Gasteiger charge is 2.46. The predicted molar refractivity (Wildman–Crippen MR) is 343 cm³/mol. The Balaban J connectivity index is 0.000000188. The lowest BCUT2D eigenvalue weighted by Gasteiger charge is -2.40.